The Hall–Kier alpha value is -3.35. The molecule has 2 atom stereocenters. The summed E-state index contributed by atoms with van der Waals surface area (Å²) >= 11 is 0. The van der Waals surface area contributed by atoms with Gasteiger partial charge in [0.1, 0.15) is 12.1 Å². The van der Waals surface area contributed by atoms with E-state index in [0.29, 0.717) is 11.3 Å². The number of rotatable bonds is 6. The number of anilines is 1. The van der Waals surface area contributed by atoms with E-state index in [0.717, 1.165) is 5.56 Å². The molecule has 0 spiro atoms. The van der Waals surface area contributed by atoms with Crippen molar-refractivity contribution >= 4 is 23.5 Å². The molecule has 32 heavy (non-hydrogen) atoms. The number of nitrogens with one attached hydrogen (secondary N) is 2. The van der Waals surface area contributed by atoms with Gasteiger partial charge in [-0.2, -0.15) is 0 Å². The van der Waals surface area contributed by atoms with Gasteiger partial charge in [-0.3, -0.25) is 14.4 Å². The molecule has 1 heterocycles. The van der Waals surface area contributed by atoms with Gasteiger partial charge in [0.15, 0.2) is 0 Å². The molecule has 7 nitrogen and oxygen atoms in total. The van der Waals surface area contributed by atoms with Crippen molar-refractivity contribution in [1.82, 2.24) is 10.2 Å². The molecule has 3 rings (SSSR count). The van der Waals surface area contributed by atoms with Crippen LogP contribution in [0.15, 0.2) is 54.6 Å². The minimum atomic E-state index is -0.849. The Labute approximate surface area is 189 Å². The van der Waals surface area contributed by atoms with Crippen LogP contribution in [0.4, 0.5) is 5.69 Å². The summed E-state index contributed by atoms with van der Waals surface area (Å²) in [5, 5.41) is 6.21. The van der Waals surface area contributed by atoms with E-state index in [9.17, 15) is 14.4 Å². The van der Waals surface area contributed by atoms with Crippen molar-refractivity contribution < 1.29 is 19.1 Å². The lowest BCUT2D eigenvalue weighted by atomic mass is 10.00. The van der Waals surface area contributed by atoms with Crippen molar-refractivity contribution in [2.45, 2.75) is 58.3 Å². The SMILES string of the molecule is CCOC(=O)C[C@@H]1Nc2ccccc2[C@H](C(=O)NC(C)(C)C)N(Cc2ccccc2)C1=O. The third-order valence-electron chi connectivity index (χ3n) is 5.10. The van der Waals surface area contributed by atoms with E-state index in [1.54, 1.807) is 11.8 Å². The van der Waals surface area contributed by atoms with E-state index in [1.165, 1.54) is 0 Å². The Morgan fingerprint density at radius 2 is 1.72 bits per heavy atom. The lowest BCUT2D eigenvalue weighted by molar-refractivity contribution is -0.148. The van der Waals surface area contributed by atoms with Gasteiger partial charge in [-0.25, -0.2) is 0 Å². The maximum atomic E-state index is 13.7. The highest BCUT2D eigenvalue weighted by Crippen LogP contribution is 2.34. The van der Waals surface area contributed by atoms with Crippen molar-refractivity contribution in [2.75, 3.05) is 11.9 Å². The van der Waals surface area contributed by atoms with Crippen LogP contribution in [0.5, 0.6) is 0 Å². The minimum Gasteiger partial charge on any atom is -0.466 e. The lowest BCUT2D eigenvalue weighted by Crippen LogP contribution is -2.50. The Morgan fingerprint density at radius 1 is 1.06 bits per heavy atom. The molecule has 0 radical (unpaired) electrons. The van der Waals surface area contributed by atoms with Crippen LogP contribution in [0.25, 0.3) is 0 Å². The molecule has 0 unspecified atom stereocenters. The van der Waals surface area contributed by atoms with Crippen molar-refractivity contribution in [3.63, 3.8) is 0 Å². The quantitative estimate of drug-likeness (QED) is 0.676. The monoisotopic (exact) mass is 437 g/mol. The first-order valence-electron chi connectivity index (χ1n) is 10.9. The molecule has 1 aliphatic heterocycles. The van der Waals surface area contributed by atoms with Crippen molar-refractivity contribution in [1.29, 1.82) is 0 Å². The maximum Gasteiger partial charge on any atom is 0.308 e. The zero-order valence-corrected chi connectivity index (χ0v) is 19.1. The van der Waals surface area contributed by atoms with Crippen molar-refractivity contribution in [3.8, 4) is 0 Å². The number of carbonyl (C=O) groups excluding carboxylic acids is 3. The van der Waals surface area contributed by atoms with Crippen LogP contribution < -0.4 is 10.6 Å². The molecule has 1 aliphatic rings. The number of nitrogens with zero attached hydrogens (tertiary/aromatic N) is 1. The number of hydrogen-bond donors (Lipinski definition) is 2. The highest BCUT2D eigenvalue weighted by atomic mass is 16.5. The molecular formula is C25H31N3O4. The van der Waals surface area contributed by atoms with Gasteiger partial charge in [-0.05, 0) is 39.3 Å². The zero-order valence-electron chi connectivity index (χ0n) is 19.1. The van der Waals surface area contributed by atoms with Crippen LogP contribution in [0, 0.1) is 0 Å². The number of fused-ring (bicyclic) bond motifs is 1. The Balaban J connectivity index is 2.07. The molecule has 7 heteroatoms. The summed E-state index contributed by atoms with van der Waals surface area (Å²) in [4.78, 5) is 41.0. The Morgan fingerprint density at radius 3 is 2.38 bits per heavy atom. The molecule has 0 bridgehead atoms. The summed E-state index contributed by atoms with van der Waals surface area (Å²) in [6.07, 6.45) is -0.125. The van der Waals surface area contributed by atoms with E-state index >= 15 is 0 Å². The van der Waals surface area contributed by atoms with Crippen molar-refractivity contribution in [2.24, 2.45) is 0 Å². The highest BCUT2D eigenvalue weighted by Gasteiger charge is 2.41. The molecule has 2 amide bonds. The number of benzene rings is 2. The zero-order chi connectivity index (χ0) is 23.3. The van der Waals surface area contributed by atoms with E-state index < -0.39 is 23.6 Å². The molecule has 0 saturated heterocycles. The van der Waals surface area contributed by atoms with Crippen LogP contribution in [-0.4, -0.2) is 40.9 Å². The fraction of sp³-hybridized carbons (Fsp3) is 0.400. The number of esters is 1. The predicted octanol–water partition coefficient (Wildman–Crippen LogP) is 3.42. The molecule has 0 aromatic heterocycles. The lowest BCUT2D eigenvalue weighted by Gasteiger charge is -2.33. The fourth-order valence-electron chi connectivity index (χ4n) is 3.81. The maximum absolute atomic E-state index is 13.7. The third-order valence-corrected chi connectivity index (χ3v) is 5.10. The second-order valence-corrected chi connectivity index (χ2v) is 8.89. The summed E-state index contributed by atoms with van der Waals surface area (Å²) in [6, 6.07) is 15.2. The van der Waals surface area contributed by atoms with Gasteiger partial charge in [0.25, 0.3) is 0 Å². The number of para-hydroxylation sites is 1. The first kappa shape index (κ1) is 23.3. The van der Waals surface area contributed by atoms with E-state index in [4.69, 9.17) is 4.74 Å². The predicted molar refractivity (Wildman–Crippen MR) is 123 cm³/mol. The summed E-state index contributed by atoms with van der Waals surface area (Å²) in [5.41, 5.74) is 1.76. The fourth-order valence-corrected chi connectivity index (χ4v) is 3.81. The van der Waals surface area contributed by atoms with Gasteiger partial charge in [-0.1, -0.05) is 48.5 Å². The Bertz CT molecular complexity index is 969. The van der Waals surface area contributed by atoms with Gasteiger partial charge in [0.2, 0.25) is 11.8 Å². The average Bonchev–Trinajstić information content (AvgIpc) is 2.83. The molecule has 0 saturated carbocycles. The molecule has 0 aliphatic carbocycles. The second kappa shape index (κ2) is 9.85. The highest BCUT2D eigenvalue weighted by molar-refractivity contribution is 5.96. The number of ether oxygens (including phenoxy) is 1. The Kier molecular flexibility index (Phi) is 7.18. The first-order chi connectivity index (χ1) is 15.2. The second-order valence-electron chi connectivity index (χ2n) is 8.89. The normalized spacial score (nSPS) is 18.2. The van der Waals surface area contributed by atoms with Crippen LogP contribution in [0.3, 0.4) is 0 Å². The van der Waals surface area contributed by atoms with Gasteiger partial charge in [0.05, 0.1) is 13.0 Å². The number of hydrogen-bond acceptors (Lipinski definition) is 5. The minimum absolute atomic E-state index is 0.125. The third kappa shape index (κ3) is 5.66. The summed E-state index contributed by atoms with van der Waals surface area (Å²) in [6.45, 7) is 7.90. The van der Waals surface area contributed by atoms with E-state index in [-0.39, 0.29) is 31.4 Å². The van der Waals surface area contributed by atoms with Crippen LogP contribution in [-0.2, 0) is 25.7 Å². The van der Waals surface area contributed by atoms with Crippen molar-refractivity contribution in [3.05, 3.63) is 65.7 Å². The molecule has 0 fully saturated rings. The van der Waals surface area contributed by atoms with Gasteiger partial charge in [0, 0.05) is 23.3 Å². The topological polar surface area (TPSA) is 87.7 Å². The molecule has 170 valence electrons. The average molecular weight is 438 g/mol. The molecule has 2 aromatic carbocycles. The largest absolute Gasteiger partial charge is 0.466 e. The van der Waals surface area contributed by atoms with Crippen LogP contribution in [0.1, 0.15) is 51.3 Å². The smallest absolute Gasteiger partial charge is 0.308 e. The summed E-state index contributed by atoms with van der Waals surface area (Å²) < 4.78 is 5.09. The van der Waals surface area contributed by atoms with E-state index in [1.807, 2.05) is 75.4 Å². The molecule has 2 N–H and O–H groups in total. The molecule has 2 aromatic rings. The van der Waals surface area contributed by atoms with Crippen LogP contribution >= 0.6 is 0 Å². The first-order valence-corrected chi connectivity index (χ1v) is 10.9. The summed E-state index contributed by atoms with van der Waals surface area (Å²) in [7, 11) is 0. The van der Waals surface area contributed by atoms with Gasteiger partial charge >= 0.3 is 5.97 Å². The standard InChI is InChI=1S/C25H31N3O4/c1-5-32-21(29)15-20-24(31)28(16-17-11-7-6-8-12-17)22(23(30)27-25(2,3)4)18-13-9-10-14-19(18)26-20/h6-14,20,22,26H,5,15-16H2,1-4H3,(H,27,30)/t20-,22+/m0/s1. The van der Waals surface area contributed by atoms with Gasteiger partial charge < -0.3 is 20.3 Å². The van der Waals surface area contributed by atoms with Gasteiger partial charge in [-0.15, -0.1) is 0 Å². The van der Waals surface area contributed by atoms with Crippen LogP contribution in [0.2, 0.25) is 0 Å². The molecular weight excluding hydrogens is 406 g/mol. The summed E-state index contributed by atoms with van der Waals surface area (Å²) in [5.74, 6) is -1.06. The number of amides is 2. The number of carbonyl (C=O) groups is 3. The van der Waals surface area contributed by atoms with E-state index in [2.05, 4.69) is 10.6 Å².